The lowest BCUT2D eigenvalue weighted by molar-refractivity contribution is 0.294. The van der Waals surface area contributed by atoms with Crippen LogP contribution in [-0.4, -0.2) is 23.2 Å². The lowest BCUT2D eigenvalue weighted by Gasteiger charge is -2.26. The van der Waals surface area contributed by atoms with Crippen LogP contribution in [0.1, 0.15) is 70.0 Å². The highest BCUT2D eigenvalue weighted by molar-refractivity contribution is 4.98. The molecule has 1 aliphatic carbocycles. The van der Waals surface area contributed by atoms with Gasteiger partial charge in [-0.05, 0) is 38.1 Å². The highest BCUT2D eigenvalue weighted by Crippen LogP contribution is 2.36. The van der Waals surface area contributed by atoms with Gasteiger partial charge in [0, 0.05) is 18.9 Å². The van der Waals surface area contributed by atoms with E-state index in [9.17, 15) is 0 Å². The Morgan fingerprint density at radius 1 is 1.21 bits per heavy atom. The molecule has 2 rings (SSSR count). The Hall–Kier alpha value is -0.900. The van der Waals surface area contributed by atoms with Crippen molar-refractivity contribution in [2.24, 2.45) is 5.92 Å². The summed E-state index contributed by atoms with van der Waals surface area (Å²) in [6.07, 6.45) is 8.66. The van der Waals surface area contributed by atoms with Gasteiger partial charge in [-0.1, -0.05) is 31.8 Å². The second-order valence-corrected chi connectivity index (χ2v) is 5.66. The second-order valence-electron chi connectivity index (χ2n) is 5.66. The van der Waals surface area contributed by atoms with Gasteiger partial charge >= 0.3 is 0 Å². The quantitative estimate of drug-likeness (QED) is 0.769. The lowest BCUT2D eigenvalue weighted by Crippen LogP contribution is -2.16. The fourth-order valence-electron chi connectivity index (χ4n) is 3.03. The minimum Gasteiger partial charge on any atom is -0.339 e. The van der Waals surface area contributed by atoms with E-state index in [4.69, 9.17) is 4.52 Å². The first-order chi connectivity index (χ1) is 9.33. The molecule has 0 spiro atoms. The highest BCUT2D eigenvalue weighted by atomic mass is 16.5. The van der Waals surface area contributed by atoms with Gasteiger partial charge in [0.15, 0.2) is 5.82 Å². The Morgan fingerprint density at radius 2 is 2.00 bits per heavy atom. The monoisotopic (exact) mass is 265 g/mol. The maximum atomic E-state index is 5.34. The van der Waals surface area contributed by atoms with Crippen molar-refractivity contribution in [3.63, 3.8) is 0 Å². The van der Waals surface area contributed by atoms with E-state index in [0.717, 1.165) is 37.1 Å². The van der Waals surface area contributed by atoms with Gasteiger partial charge in [0.2, 0.25) is 5.89 Å². The zero-order valence-electron chi connectivity index (χ0n) is 12.3. The van der Waals surface area contributed by atoms with Crippen molar-refractivity contribution in [1.29, 1.82) is 0 Å². The Morgan fingerprint density at radius 3 is 2.68 bits per heavy atom. The maximum absolute atomic E-state index is 5.34. The molecule has 1 aromatic heterocycles. The van der Waals surface area contributed by atoms with E-state index in [2.05, 4.69) is 29.3 Å². The summed E-state index contributed by atoms with van der Waals surface area (Å²) in [6, 6.07) is 0. The molecule has 0 aromatic carbocycles. The Balaban J connectivity index is 1.79. The molecule has 0 amide bonds. The van der Waals surface area contributed by atoms with Crippen molar-refractivity contribution in [3.8, 4) is 0 Å². The summed E-state index contributed by atoms with van der Waals surface area (Å²) >= 11 is 0. The SMILES string of the molecule is CCCC1CCC(c2noc(CCNCC)n2)CC1. The van der Waals surface area contributed by atoms with Gasteiger partial charge in [-0.2, -0.15) is 4.98 Å². The van der Waals surface area contributed by atoms with Crippen LogP contribution in [0.25, 0.3) is 0 Å². The summed E-state index contributed by atoms with van der Waals surface area (Å²) in [6.45, 7) is 6.29. The maximum Gasteiger partial charge on any atom is 0.227 e. The third kappa shape index (κ3) is 4.30. The third-order valence-corrected chi connectivity index (χ3v) is 4.16. The van der Waals surface area contributed by atoms with Crippen LogP contribution in [0.5, 0.6) is 0 Å². The molecule has 0 unspecified atom stereocenters. The van der Waals surface area contributed by atoms with Crippen LogP contribution in [0.15, 0.2) is 4.52 Å². The molecule has 4 nitrogen and oxygen atoms in total. The van der Waals surface area contributed by atoms with Gasteiger partial charge in [-0.15, -0.1) is 0 Å². The van der Waals surface area contributed by atoms with E-state index in [1.54, 1.807) is 0 Å². The summed E-state index contributed by atoms with van der Waals surface area (Å²) in [5, 5.41) is 7.45. The van der Waals surface area contributed by atoms with E-state index in [1.807, 2.05) is 0 Å². The van der Waals surface area contributed by atoms with Crippen LogP contribution in [0.2, 0.25) is 0 Å². The number of likely N-dealkylation sites (N-methyl/N-ethyl adjacent to an activating group) is 1. The first-order valence-electron chi connectivity index (χ1n) is 7.86. The number of hydrogen-bond donors (Lipinski definition) is 1. The molecule has 108 valence electrons. The molecule has 0 atom stereocenters. The van der Waals surface area contributed by atoms with Crippen LogP contribution in [0.3, 0.4) is 0 Å². The van der Waals surface area contributed by atoms with Crippen molar-refractivity contribution in [3.05, 3.63) is 11.7 Å². The molecule has 1 fully saturated rings. The predicted molar refractivity (Wildman–Crippen MR) is 76.2 cm³/mol. The Kier molecular flexibility index (Phi) is 5.83. The standard InChI is InChI=1S/C15H27N3O/c1-3-5-12-6-8-13(9-7-12)15-17-14(19-18-15)10-11-16-4-2/h12-13,16H,3-11H2,1-2H3. The largest absolute Gasteiger partial charge is 0.339 e. The van der Waals surface area contributed by atoms with Crippen molar-refractivity contribution >= 4 is 0 Å². The van der Waals surface area contributed by atoms with Crippen LogP contribution in [0.4, 0.5) is 0 Å². The molecule has 1 aliphatic rings. The van der Waals surface area contributed by atoms with Crippen molar-refractivity contribution in [1.82, 2.24) is 15.5 Å². The van der Waals surface area contributed by atoms with E-state index in [-0.39, 0.29) is 0 Å². The van der Waals surface area contributed by atoms with Gasteiger partial charge < -0.3 is 9.84 Å². The molecule has 0 aliphatic heterocycles. The van der Waals surface area contributed by atoms with Crippen molar-refractivity contribution in [2.75, 3.05) is 13.1 Å². The molecule has 4 heteroatoms. The molecule has 1 saturated carbocycles. The van der Waals surface area contributed by atoms with Gasteiger partial charge in [-0.3, -0.25) is 0 Å². The summed E-state index contributed by atoms with van der Waals surface area (Å²) in [7, 11) is 0. The fourth-order valence-corrected chi connectivity index (χ4v) is 3.03. The Bertz CT molecular complexity index is 356. The molecular weight excluding hydrogens is 238 g/mol. The molecular formula is C15H27N3O. The number of nitrogens with one attached hydrogen (secondary N) is 1. The number of rotatable bonds is 7. The molecule has 0 radical (unpaired) electrons. The van der Waals surface area contributed by atoms with Crippen LogP contribution >= 0.6 is 0 Å². The zero-order valence-corrected chi connectivity index (χ0v) is 12.3. The minimum absolute atomic E-state index is 0.532. The van der Waals surface area contributed by atoms with Gasteiger partial charge in [0.1, 0.15) is 0 Å². The molecule has 1 N–H and O–H groups in total. The molecule has 19 heavy (non-hydrogen) atoms. The van der Waals surface area contributed by atoms with Crippen LogP contribution in [-0.2, 0) is 6.42 Å². The first-order valence-corrected chi connectivity index (χ1v) is 7.86. The second kappa shape index (κ2) is 7.63. The highest BCUT2D eigenvalue weighted by Gasteiger charge is 2.25. The van der Waals surface area contributed by atoms with Gasteiger partial charge in [0.25, 0.3) is 0 Å². The molecule has 1 aromatic rings. The number of aromatic nitrogens is 2. The average molecular weight is 265 g/mol. The third-order valence-electron chi connectivity index (χ3n) is 4.16. The summed E-state index contributed by atoms with van der Waals surface area (Å²) in [5.41, 5.74) is 0. The predicted octanol–water partition coefficient (Wildman–Crippen LogP) is 3.30. The first kappa shape index (κ1) is 14.5. The summed E-state index contributed by atoms with van der Waals surface area (Å²) in [5.74, 6) is 3.19. The Labute approximate surface area is 116 Å². The average Bonchev–Trinajstić information content (AvgIpc) is 2.89. The van der Waals surface area contributed by atoms with Crippen LogP contribution in [0, 0.1) is 5.92 Å². The van der Waals surface area contributed by atoms with Crippen LogP contribution < -0.4 is 5.32 Å². The summed E-state index contributed by atoms with van der Waals surface area (Å²) in [4.78, 5) is 4.56. The smallest absolute Gasteiger partial charge is 0.227 e. The van der Waals surface area contributed by atoms with Gasteiger partial charge in [-0.25, -0.2) is 0 Å². The van der Waals surface area contributed by atoms with Crippen molar-refractivity contribution < 1.29 is 4.52 Å². The lowest BCUT2D eigenvalue weighted by atomic mass is 9.80. The zero-order chi connectivity index (χ0) is 13.5. The minimum atomic E-state index is 0.532. The van der Waals surface area contributed by atoms with Crippen molar-refractivity contribution in [2.45, 2.75) is 64.7 Å². The fraction of sp³-hybridized carbons (Fsp3) is 0.867. The number of nitrogens with zero attached hydrogens (tertiary/aromatic N) is 2. The van der Waals surface area contributed by atoms with E-state index in [0.29, 0.717) is 5.92 Å². The van der Waals surface area contributed by atoms with E-state index < -0.39 is 0 Å². The topological polar surface area (TPSA) is 51.0 Å². The normalized spacial score (nSPS) is 23.7. The summed E-state index contributed by atoms with van der Waals surface area (Å²) < 4.78 is 5.34. The van der Waals surface area contributed by atoms with E-state index in [1.165, 1.54) is 38.5 Å². The number of hydrogen-bond acceptors (Lipinski definition) is 4. The molecule has 1 heterocycles. The molecule has 0 bridgehead atoms. The molecule has 0 saturated heterocycles. The van der Waals surface area contributed by atoms with E-state index >= 15 is 0 Å². The van der Waals surface area contributed by atoms with Gasteiger partial charge in [0.05, 0.1) is 0 Å².